The molecule has 0 saturated heterocycles. The Morgan fingerprint density at radius 2 is 2.33 bits per heavy atom. The van der Waals surface area contributed by atoms with Crippen molar-refractivity contribution >= 4 is 5.82 Å². The van der Waals surface area contributed by atoms with Crippen LogP contribution in [0, 0.1) is 6.92 Å². The zero-order valence-corrected chi connectivity index (χ0v) is 7.37. The van der Waals surface area contributed by atoms with Crippen LogP contribution in [0.4, 0.5) is 5.82 Å². The van der Waals surface area contributed by atoms with Gasteiger partial charge in [0.25, 0.3) is 0 Å². The van der Waals surface area contributed by atoms with Gasteiger partial charge >= 0.3 is 0 Å². The number of anilines is 1. The van der Waals surface area contributed by atoms with Crippen LogP contribution in [0.1, 0.15) is 5.69 Å². The fourth-order valence-corrected chi connectivity index (χ4v) is 0.832. The van der Waals surface area contributed by atoms with E-state index in [1.54, 1.807) is 13.4 Å². The van der Waals surface area contributed by atoms with Crippen molar-refractivity contribution in [3.8, 4) is 0 Å². The van der Waals surface area contributed by atoms with Crippen LogP contribution in [0.15, 0.2) is 12.4 Å². The standard InChI is InChI=1S/C8H13N3O/c1-7-5-8(11-6-10-7)9-3-4-12-2/h5-6H,3-4H2,1-2H3,(H,9,10,11). The molecule has 0 aliphatic carbocycles. The third-order valence-electron chi connectivity index (χ3n) is 1.42. The molecule has 66 valence electrons. The summed E-state index contributed by atoms with van der Waals surface area (Å²) in [6, 6.07) is 1.90. The topological polar surface area (TPSA) is 47.0 Å². The molecule has 0 amide bonds. The van der Waals surface area contributed by atoms with Gasteiger partial charge in [0.15, 0.2) is 0 Å². The summed E-state index contributed by atoms with van der Waals surface area (Å²) in [5, 5.41) is 3.11. The van der Waals surface area contributed by atoms with Gasteiger partial charge in [-0.25, -0.2) is 9.97 Å². The van der Waals surface area contributed by atoms with Crippen molar-refractivity contribution in [2.45, 2.75) is 6.92 Å². The minimum Gasteiger partial charge on any atom is -0.383 e. The molecule has 1 rings (SSSR count). The Morgan fingerprint density at radius 1 is 1.50 bits per heavy atom. The SMILES string of the molecule is COCCNc1cc(C)ncn1. The lowest BCUT2D eigenvalue weighted by molar-refractivity contribution is 0.210. The number of aromatic nitrogens is 2. The first kappa shape index (κ1) is 8.93. The summed E-state index contributed by atoms with van der Waals surface area (Å²) >= 11 is 0. The van der Waals surface area contributed by atoms with E-state index < -0.39 is 0 Å². The van der Waals surface area contributed by atoms with Crippen molar-refractivity contribution in [3.63, 3.8) is 0 Å². The molecule has 0 bridgehead atoms. The van der Waals surface area contributed by atoms with Gasteiger partial charge in [-0.1, -0.05) is 0 Å². The highest BCUT2D eigenvalue weighted by Gasteiger charge is 1.92. The summed E-state index contributed by atoms with van der Waals surface area (Å²) in [7, 11) is 1.67. The van der Waals surface area contributed by atoms with Gasteiger partial charge in [-0.05, 0) is 6.92 Å². The Hall–Kier alpha value is -1.16. The quantitative estimate of drug-likeness (QED) is 0.675. The van der Waals surface area contributed by atoms with Crippen LogP contribution in [-0.2, 0) is 4.74 Å². The number of nitrogens with one attached hydrogen (secondary N) is 1. The molecule has 0 spiro atoms. The van der Waals surface area contributed by atoms with Crippen molar-refractivity contribution < 1.29 is 4.74 Å². The normalized spacial score (nSPS) is 9.83. The number of methoxy groups -OCH3 is 1. The lowest BCUT2D eigenvalue weighted by Gasteiger charge is -2.03. The lowest BCUT2D eigenvalue weighted by Crippen LogP contribution is -2.08. The molecule has 1 N–H and O–H groups in total. The van der Waals surface area contributed by atoms with Gasteiger partial charge in [0.2, 0.25) is 0 Å². The van der Waals surface area contributed by atoms with Crippen LogP contribution in [-0.4, -0.2) is 30.2 Å². The number of hydrogen-bond donors (Lipinski definition) is 1. The van der Waals surface area contributed by atoms with Gasteiger partial charge in [0, 0.05) is 25.4 Å². The third kappa shape index (κ3) is 2.84. The minimum absolute atomic E-state index is 0.684. The predicted molar refractivity (Wildman–Crippen MR) is 47.1 cm³/mol. The van der Waals surface area contributed by atoms with E-state index in [-0.39, 0.29) is 0 Å². The number of ether oxygens (including phenoxy) is 1. The molecule has 1 aromatic heterocycles. The fraction of sp³-hybridized carbons (Fsp3) is 0.500. The second-order valence-electron chi connectivity index (χ2n) is 2.46. The molecule has 4 heteroatoms. The second kappa shape index (κ2) is 4.66. The zero-order chi connectivity index (χ0) is 8.81. The van der Waals surface area contributed by atoms with Crippen LogP contribution in [0.25, 0.3) is 0 Å². The van der Waals surface area contributed by atoms with E-state index >= 15 is 0 Å². The van der Waals surface area contributed by atoms with E-state index in [0.717, 1.165) is 18.1 Å². The van der Waals surface area contributed by atoms with Gasteiger partial charge in [0.1, 0.15) is 12.1 Å². The molecular formula is C8H13N3O. The molecule has 0 aromatic carbocycles. The first-order valence-corrected chi connectivity index (χ1v) is 3.84. The van der Waals surface area contributed by atoms with Crippen LogP contribution < -0.4 is 5.32 Å². The zero-order valence-electron chi connectivity index (χ0n) is 7.37. The summed E-state index contributed by atoms with van der Waals surface area (Å²) in [5.74, 6) is 0.847. The second-order valence-corrected chi connectivity index (χ2v) is 2.46. The van der Waals surface area contributed by atoms with Crippen molar-refractivity contribution in [3.05, 3.63) is 18.1 Å². The van der Waals surface area contributed by atoms with E-state index in [1.807, 2.05) is 13.0 Å². The molecule has 0 aliphatic heterocycles. The smallest absolute Gasteiger partial charge is 0.129 e. The molecule has 0 atom stereocenters. The average Bonchev–Trinajstić information content (AvgIpc) is 2.05. The fourth-order valence-electron chi connectivity index (χ4n) is 0.832. The summed E-state index contributed by atoms with van der Waals surface area (Å²) < 4.78 is 4.89. The van der Waals surface area contributed by atoms with Crippen molar-refractivity contribution in [1.82, 2.24) is 9.97 Å². The van der Waals surface area contributed by atoms with E-state index in [2.05, 4.69) is 15.3 Å². The molecule has 4 nitrogen and oxygen atoms in total. The Bertz CT molecular complexity index is 239. The van der Waals surface area contributed by atoms with E-state index in [1.165, 1.54) is 0 Å². The maximum atomic E-state index is 4.89. The Kier molecular flexibility index (Phi) is 3.47. The first-order chi connectivity index (χ1) is 5.83. The minimum atomic E-state index is 0.684. The summed E-state index contributed by atoms with van der Waals surface area (Å²) in [6.45, 7) is 3.39. The van der Waals surface area contributed by atoms with Crippen molar-refractivity contribution in [1.29, 1.82) is 0 Å². The highest BCUT2D eigenvalue weighted by molar-refractivity contribution is 5.34. The maximum absolute atomic E-state index is 4.89. The van der Waals surface area contributed by atoms with Crippen molar-refractivity contribution in [2.24, 2.45) is 0 Å². The lowest BCUT2D eigenvalue weighted by atomic mass is 10.4. The monoisotopic (exact) mass is 167 g/mol. The number of aryl methyl sites for hydroxylation is 1. The Balaban J connectivity index is 2.41. The summed E-state index contributed by atoms with van der Waals surface area (Å²) in [6.07, 6.45) is 1.55. The maximum Gasteiger partial charge on any atom is 0.129 e. The van der Waals surface area contributed by atoms with Crippen molar-refractivity contribution in [2.75, 3.05) is 25.6 Å². The number of hydrogen-bond acceptors (Lipinski definition) is 4. The van der Waals surface area contributed by atoms with Crippen LogP contribution in [0.2, 0.25) is 0 Å². The summed E-state index contributed by atoms with van der Waals surface area (Å²) in [4.78, 5) is 8.02. The molecule has 1 heterocycles. The molecule has 0 unspecified atom stereocenters. The van der Waals surface area contributed by atoms with Crippen LogP contribution in [0.3, 0.4) is 0 Å². The molecule has 0 radical (unpaired) electrons. The average molecular weight is 167 g/mol. The first-order valence-electron chi connectivity index (χ1n) is 3.84. The molecular weight excluding hydrogens is 154 g/mol. The number of nitrogens with zero attached hydrogens (tertiary/aromatic N) is 2. The third-order valence-corrected chi connectivity index (χ3v) is 1.42. The van der Waals surface area contributed by atoms with Gasteiger partial charge in [-0.3, -0.25) is 0 Å². The summed E-state index contributed by atoms with van der Waals surface area (Å²) in [5.41, 5.74) is 0.963. The molecule has 1 aromatic rings. The molecule has 0 fully saturated rings. The van der Waals surface area contributed by atoms with E-state index in [9.17, 15) is 0 Å². The van der Waals surface area contributed by atoms with Crippen LogP contribution >= 0.6 is 0 Å². The van der Waals surface area contributed by atoms with Gasteiger partial charge in [-0.15, -0.1) is 0 Å². The van der Waals surface area contributed by atoms with Gasteiger partial charge in [-0.2, -0.15) is 0 Å². The number of rotatable bonds is 4. The van der Waals surface area contributed by atoms with E-state index in [0.29, 0.717) is 6.61 Å². The van der Waals surface area contributed by atoms with Gasteiger partial charge in [0.05, 0.1) is 6.61 Å². The van der Waals surface area contributed by atoms with Crippen LogP contribution in [0.5, 0.6) is 0 Å². The molecule has 0 aliphatic rings. The Morgan fingerprint density at radius 3 is 3.00 bits per heavy atom. The molecule has 0 saturated carbocycles. The predicted octanol–water partition coefficient (Wildman–Crippen LogP) is 0.843. The van der Waals surface area contributed by atoms with E-state index in [4.69, 9.17) is 4.74 Å². The Labute approximate surface area is 72.0 Å². The highest BCUT2D eigenvalue weighted by atomic mass is 16.5. The highest BCUT2D eigenvalue weighted by Crippen LogP contribution is 2.00. The van der Waals surface area contributed by atoms with Gasteiger partial charge < -0.3 is 10.1 Å². The molecule has 12 heavy (non-hydrogen) atoms. The largest absolute Gasteiger partial charge is 0.383 e.